The third kappa shape index (κ3) is 5.49. The first-order valence-electron chi connectivity index (χ1n) is 9.81. The summed E-state index contributed by atoms with van der Waals surface area (Å²) in [5, 5.41) is 13.6. The van der Waals surface area contributed by atoms with Crippen LogP contribution in [0, 0.1) is 5.92 Å². The van der Waals surface area contributed by atoms with Gasteiger partial charge in [0.1, 0.15) is 0 Å². The predicted octanol–water partition coefficient (Wildman–Crippen LogP) is 0.436. The Bertz CT molecular complexity index is 644. The van der Waals surface area contributed by atoms with Gasteiger partial charge in [0.05, 0.1) is 11.5 Å². The normalized spacial score (nSPS) is 23.3. The molecule has 2 saturated heterocycles. The second-order valence-corrected chi connectivity index (χ2v) is 7.89. The van der Waals surface area contributed by atoms with E-state index in [-0.39, 0.29) is 24.3 Å². The van der Waals surface area contributed by atoms with Crippen molar-refractivity contribution >= 4 is 11.8 Å². The summed E-state index contributed by atoms with van der Waals surface area (Å²) in [7, 11) is 2.04. The summed E-state index contributed by atoms with van der Waals surface area (Å²) < 4.78 is 0. The molecule has 2 N–H and O–H groups in total. The lowest BCUT2D eigenvalue weighted by Gasteiger charge is -2.37. The van der Waals surface area contributed by atoms with E-state index in [1.807, 2.05) is 25.2 Å². The zero-order valence-electron chi connectivity index (χ0n) is 16.1. The van der Waals surface area contributed by atoms with Crippen molar-refractivity contribution in [3.05, 3.63) is 30.1 Å². The zero-order chi connectivity index (χ0) is 19.3. The monoisotopic (exact) mass is 374 g/mol. The largest absolute Gasteiger partial charge is 0.388 e. The lowest BCUT2D eigenvalue weighted by atomic mass is 9.91. The van der Waals surface area contributed by atoms with E-state index < -0.39 is 5.60 Å². The number of likely N-dealkylation sites (tertiary alicyclic amines) is 2. The lowest BCUT2D eigenvalue weighted by Crippen LogP contribution is -2.52. The summed E-state index contributed by atoms with van der Waals surface area (Å²) in [6.45, 7) is 2.99. The lowest BCUT2D eigenvalue weighted by molar-refractivity contribution is -0.138. The molecule has 3 rings (SSSR count). The number of hydrogen-bond acceptors (Lipinski definition) is 5. The summed E-state index contributed by atoms with van der Waals surface area (Å²) in [5.41, 5.74) is 0.132. The molecule has 0 bridgehead atoms. The van der Waals surface area contributed by atoms with E-state index in [2.05, 4.69) is 15.2 Å². The molecule has 1 aromatic rings. The van der Waals surface area contributed by atoms with Gasteiger partial charge in [0.2, 0.25) is 11.8 Å². The van der Waals surface area contributed by atoms with E-state index in [0.717, 1.165) is 18.8 Å². The maximum absolute atomic E-state index is 12.6. The Hall–Kier alpha value is -1.99. The molecule has 0 saturated carbocycles. The van der Waals surface area contributed by atoms with Gasteiger partial charge in [-0.1, -0.05) is 6.07 Å². The van der Waals surface area contributed by atoms with Crippen molar-refractivity contribution in [2.24, 2.45) is 5.92 Å². The van der Waals surface area contributed by atoms with Crippen molar-refractivity contribution in [2.45, 2.75) is 37.7 Å². The van der Waals surface area contributed by atoms with Crippen molar-refractivity contribution < 1.29 is 14.7 Å². The molecule has 0 aromatic carbocycles. The van der Waals surface area contributed by atoms with E-state index in [9.17, 15) is 14.7 Å². The number of pyridine rings is 1. The molecule has 1 atom stereocenters. The maximum atomic E-state index is 12.6. The van der Waals surface area contributed by atoms with Crippen LogP contribution in [0.2, 0.25) is 0 Å². The van der Waals surface area contributed by atoms with Crippen LogP contribution in [0.15, 0.2) is 24.4 Å². The first-order valence-corrected chi connectivity index (χ1v) is 9.81. The molecule has 27 heavy (non-hydrogen) atoms. The molecule has 0 spiro atoms. The fourth-order valence-corrected chi connectivity index (χ4v) is 3.75. The Balaban J connectivity index is 1.47. The first kappa shape index (κ1) is 19.8. The fraction of sp³-hybridized carbons (Fsp3) is 0.650. The van der Waals surface area contributed by atoms with Crippen LogP contribution in [-0.2, 0) is 16.0 Å². The van der Waals surface area contributed by atoms with E-state index in [1.165, 1.54) is 0 Å². The fourth-order valence-electron chi connectivity index (χ4n) is 3.75. The first-order chi connectivity index (χ1) is 13.0. The van der Waals surface area contributed by atoms with Crippen molar-refractivity contribution in [1.82, 2.24) is 20.1 Å². The molecule has 148 valence electrons. The molecule has 2 aliphatic heterocycles. The summed E-state index contributed by atoms with van der Waals surface area (Å²) in [6.07, 6.45) is 4.75. The van der Waals surface area contributed by atoms with Gasteiger partial charge in [-0.2, -0.15) is 0 Å². The van der Waals surface area contributed by atoms with Crippen LogP contribution in [0.4, 0.5) is 0 Å². The summed E-state index contributed by atoms with van der Waals surface area (Å²) in [5.74, 6) is -0.164. The Morgan fingerprint density at radius 2 is 2.15 bits per heavy atom. The second kappa shape index (κ2) is 8.80. The number of hydrogen-bond donors (Lipinski definition) is 2. The van der Waals surface area contributed by atoms with Gasteiger partial charge in [-0.05, 0) is 38.4 Å². The molecule has 3 heterocycles. The molecule has 2 amide bonds. The Kier molecular flexibility index (Phi) is 6.44. The highest BCUT2D eigenvalue weighted by molar-refractivity contribution is 5.83. The molecule has 0 aliphatic carbocycles. The maximum Gasteiger partial charge on any atom is 0.225 e. The number of piperidine rings is 2. The summed E-state index contributed by atoms with van der Waals surface area (Å²) in [4.78, 5) is 33.0. The number of amides is 2. The summed E-state index contributed by atoms with van der Waals surface area (Å²) >= 11 is 0. The van der Waals surface area contributed by atoms with Crippen LogP contribution in [0.1, 0.15) is 31.4 Å². The van der Waals surface area contributed by atoms with E-state index >= 15 is 0 Å². The van der Waals surface area contributed by atoms with Gasteiger partial charge in [0.15, 0.2) is 0 Å². The minimum atomic E-state index is -0.814. The highest BCUT2D eigenvalue weighted by atomic mass is 16.3. The number of carbonyl (C=O) groups excluding carboxylic acids is 2. The molecular formula is C20H30N4O3. The van der Waals surface area contributed by atoms with Crippen LogP contribution in [-0.4, -0.2) is 77.1 Å². The van der Waals surface area contributed by atoms with Gasteiger partial charge in [-0.25, -0.2) is 0 Å². The van der Waals surface area contributed by atoms with Crippen molar-refractivity contribution in [1.29, 1.82) is 0 Å². The van der Waals surface area contributed by atoms with Gasteiger partial charge in [-0.3, -0.25) is 14.6 Å². The smallest absolute Gasteiger partial charge is 0.225 e. The minimum Gasteiger partial charge on any atom is -0.388 e. The quantitative estimate of drug-likeness (QED) is 0.755. The SMILES string of the molecule is CN1CCC(O)(CNC(=O)[C@@H]2CCC(=O)N(CCc3ccccn3)C2)CC1. The number of aliphatic hydroxyl groups is 1. The average Bonchev–Trinajstić information content (AvgIpc) is 2.69. The predicted molar refractivity (Wildman–Crippen MR) is 102 cm³/mol. The standard InChI is InChI=1S/C20H30N4O3/c1-23-12-8-20(27,9-13-23)15-22-19(26)16-5-6-18(25)24(14-16)11-7-17-4-2-3-10-21-17/h2-4,10,16,27H,5-9,11-15H2,1H3,(H,22,26)/t16-/m1/s1. The molecule has 7 nitrogen and oxygen atoms in total. The number of aromatic nitrogens is 1. The Morgan fingerprint density at radius 1 is 1.37 bits per heavy atom. The van der Waals surface area contributed by atoms with Crippen LogP contribution >= 0.6 is 0 Å². The van der Waals surface area contributed by atoms with Gasteiger partial charge >= 0.3 is 0 Å². The minimum absolute atomic E-state index is 0.0577. The van der Waals surface area contributed by atoms with Crippen molar-refractivity contribution in [2.75, 3.05) is 39.8 Å². The number of nitrogens with one attached hydrogen (secondary N) is 1. The van der Waals surface area contributed by atoms with Crippen LogP contribution in [0.3, 0.4) is 0 Å². The van der Waals surface area contributed by atoms with E-state index in [1.54, 1.807) is 11.1 Å². The Labute approximate surface area is 160 Å². The summed E-state index contributed by atoms with van der Waals surface area (Å²) in [6, 6.07) is 5.75. The van der Waals surface area contributed by atoms with Crippen LogP contribution in [0.5, 0.6) is 0 Å². The molecule has 2 fully saturated rings. The van der Waals surface area contributed by atoms with Crippen LogP contribution < -0.4 is 5.32 Å². The average molecular weight is 374 g/mol. The zero-order valence-corrected chi connectivity index (χ0v) is 16.1. The van der Waals surface area contributed by atoms with Gasteiger partial charge < -0.3 is 20.2 Å². The third-order valence-corrected chi connectivity index (χ3v) is 5.74. The van der Waals surface area contributed by atoms with Crippen molar-refractivity contribution in [3.8, 4) is 0 Å². The van der Waals surface area contributed by atoms with Gasteiger partial charge in [-0.15, -0.1) is 0 Å². The van der Waals surface area contributed by atoms with E-state index in [4.69, 9.17) is 0 Å². The highest BCUT2D eigenvalue weighted by Crippen LogP contribution is 2.22. The van der Waals surface area contributed by atoms with Crippen molar-refractivity contribution in [3.63, 3.8) is 0 Å². The topological polar surface area (TPSA) is 85.8 Å². The number of carbonyl (C=O) groups is 2. The number of nitrogens with zero attached hydrogens (tertiary/aromatic N) is 3. The molecule has 0 unspecified atom stereocenters. The second-order valence-electron chi connectivity index (χ2n) is 7.89. The highest BCUT2D eigenvalue weighted by Gasteiger charge is 2.34. The molecular weight excluding hydrogens is 344 g/mol. The van der Waals surface area contributed by atoms with Gasteiger partial charge in [0, 0.05) is 57.5 Å². The van der Waals surface area contributed by atoms with Gasteiger partial charge in [0.25, 0.3) is 0 Å². The Morgan fingerprint density at radius 3 is 2.85 bits per heavy atom. The molecule has 2 aliphatic rings. The molecule has 7 heteroatoms. The molecule has 0 radical (unpaired) electrons. The van der Waals surface area contributed by atoms with Crippen LogP contribution in [0.25, 0.3) is 0 Å². The van der Waals surface area contributed by atoms with E-state index in [0.29, 0.717) is 45.2 Å². The molecule has 1 aromatic heterocycles. The number of rotatable bonds is 6. The third-order valence-electron chi connectivity index (χ3n) is 5.74.